The van der Waals surface area contributed by atoms with Gasteiger partial charge in [0.05, 0.1) is 5.56 Å². The minimum atomic E-state index is -0.442. The fraction of sp³-hybridized carbons (Fsp3) is 0.533. The normalized spacial score (nSPS) is 17.4. The first-order valence-corrected chi connectivity index (χ1v) is 6.76. The predicted octanol–water partition coefficient (Wildman–Crippen LogP) is 2.24. The average molecular weight is 264 g/mol. The second kappa shape index (κ2) is 6.15. The van der Waals surface area contributed by atoms with Gasteiger partial charge < -0.3 is 9.80 Å². The molecule has 2 rings (SSSR count). The summed E-state index contributed by atoms with van der Waals surface area (Å²) in [6.07, 6.45) is 2.21. The van der Waals surface area contributed by atoms with Crippen molar-refractivity contribution >= 4 is 5.91 Å². The van der Waals surface area contributed by atoms with E-state index in [0.717, 1.165) is 25.9 Å². The monoisotopic (exact) mass is 264 g/mol. The van der Waals surface area contributed by atoms with Crippen LogP contribution in [0.3, 0.4) is 0 Å². The van der Waals surface area contributed by atoms with Crippen LogP contribution in [0.1, 0.15) is 23.2 Å². The molecule has 1 heterocycles. The Morgan fingerprint density at radius 3 is 2.63 bits per heavy atom. The van der Waals surface area contributed by atoms with E-state index >= 15 is 0 Å². The number of hydrogen-bond acceptors (Lipinski definition) is 2. The molecule has 0 unspecified atom stereocenters. The van der Waals surface area contributed by atoms with Crippen molar-refractivity contribution in [2.75, 3.05) is 33.7 Å². The highest BCUT2D eigenvalue weighted by molar-refractivity contribution is 5.94. The van der Waals surface area contributed by atoms with Gasteiger partial charge in [0.25, 0.3) is 5.91 Å². The smallest absolute Gasteiger partial charge is 0.256 e. The number of likely N-dealkylation sites (tertiary alicyclic amines) is 1. The van der Waals surface area contributed by atoms with Crippen molar-refractivity contribution in [3.63, 3.8) is 0 Å². The number of rotatable bonds is 3. The summed E-state index contributed by atoms with van der Waals surface area (Å²) >= 11 is 0. The van der Waals surface area contributed by atoms with Gasteiger partial charge in [0.15, 0.2) is 0 Å². The van der Waals surface area contributed by atoms with Crippen LogP contribution in [0.4, 0.5) is 4.39 Å². The maximum atomic E-state index is 13.6. The Morgan fingerprint density at radius 2 is 2.00 bits per heavy atom. The molecule has 1 saturated heterocycles. The molecule has 1 aliphatic rings. The quantitative estimate of drug-likeness (QED) is 0.836. The summed E-state index contributed by atoms with van der Waals surface area (Å²) < 4.78 is 13.6. The highest BCUT2D eigenvalue weighted by atomic mass is 19.1. The molecule has 0 radical (unpaired) electrons. The molecule has 1 amide bonds. The van der Waals surface area contributed by atoms with Crippen LogP contribution in [0, 0.1) is 11.7 Å². The van der Waals surface area contributed by atoms with Gasteiger partial charge in [-0.15, -0.1) is 0 Å². The van der Waals surface area contributed by atoms with Crippen molar-refractivity contribution in [2.24, 2.45) is 5.92 Å². The maximum absolute atomic E-state index is 13.6. The molecule has 0 aromatic heterocycles. The fourth-order valence-corrected chi connectivity index (χ4v) is 2.56. The first-order valence-electron chi connectivity index (χ1n) is 6.76. The van der Waals surface area contributed by atoms with Crippen LogP contribution in [-0.4, -0.2) is 49.4 Å². The van der Waals surface area contributed by atoms with Crippen LogP contribution in [0.5, 0.6) is 0 Å². The molecule has 0 N–H and O–H groups in total. The van der Waals surface area contributed by atoms with E-state index in [1.165, 1.54) is 6.07 Å². The molecular formula is C15H21FN2O. The van der Waals surface area contributed by atoms with Crippen molar-refractivity contribution < 1.29 is 9.18 Å². The van der Waals surface area contributed by atoms with Crippen molar-refractivity contribution in [2.45, 2.75) is 12.8 Å². The number of hydrogen-bond donors (Lipinski definition) is 0. The van der Waals surface area contributed by atoms with Gasteiger partial charge in [0.2, 0.25) is 0 Å². The number of benzene rings is 1. The topological polar surface area (TPSA) is 23.6 Å². The van der Waals surface area contributed by atoms with Gasteiger partial charge in [-0.05, 0) is 51.0 Å². The van der Waals surface area contributed by atoms with Crippen molar-refractivity contribution in [3.05, 3.63) is 35.6 Å². The zero-order valence-corrected chi connectivity index (χ0v) is 11.6. The SMILES string of the molecule is CN1CCC(CN(C)C(=O)c2ccccc2F)CC1. The van der Waals surface area contributed by atoms with E-state index in [4.69, 9.17) is 0 Å². The molecule has 4 heteroatoms. The summed E-state index contributed by atoms with van der Waals surface area (Å²) in [4.78, 5) is 16.1. The van der Waals surface area contributed by atoms with Gasteiger partial charge in [-0.3, -0.25) is 4.79 Å². The minimum absolute atomic E-state index is 0.165. The molecule has 1 aliphatic heterocycles. The van der Waals surface area contributed by atoms with Crippen LogP contribution in [0.25, 0.3) is 0 Å². The Labute approximate surface area is 114 Å². The average Bonchev–Trinajstić information content (AvgIpc) is 2.41. The second-order valence-electron chi connectivity index (χ2n) is 5.41. The zero-order valence-electron chi connectivity index (χ0n) is 11.6. The van der Waals surface area contributed by atoms with E-state index < -0.39 is 5.82 Å². The van der Waals surface area contributed by atoms with Crippen LogP contribution in [0.15, 0.2) is 24.3 Å². The lowest BCUT2D eigenvalue weighted by atomic mass is 9.96. The molecule has 1 fully saturated rings. The Balaban J connectivity index is 1.94. The molecule has 3 nitrogen and oxygen atoms in total. The van der Waals surface area contributed by atoms with Crippen molar-refractivity contribution in [1.29, 1.82) is 0 Å². The Bertz CT molecular complexity index is 442. The second-order valence-corrected chi connectivity index (χ2v) is 5.41. The number of amides is 1. The van der Waals surface area contributed by atoms with Crippen molar-refractivity contribution in [3.8, 4) is 0 Å². The van der Waals surface area contributed by atoms with Gasteiger partial charge in [-0.2, -0.15) is 0 Å². The van der Waals surface area contributed by atoms with Gasteiger partial charge in [-0.1, -0.05) is 12.1 Å². The Kier molecular flexibility index (Phi) is 4.53. The van der Waals surface area contributed by atoms with Gasteiger partial charge >= 0.3 is 0 Å². The molecule has 1 aromatic rings. The van der Waals surface area contributed by atoms with Crippen LogP contribution in [-0.2, 0) is 0 Å². The summed E-state index contributed by atoms with van der Waals surface area (Å²) in [7, 11) is 3.87. The number of carbonyl (C=O) groups is 1. The van der Waals surface area contributed by atoms with Gasteiger partial charge in [0, 0.05) is 13.6 Å². The van der Waals surface area contributed by atoms with E-state index in [1.54, 1.807) is 30.1 Å². The first-order chi connectivity index (χ1) is 9.08. The van der Waals surface area contributed by atoms with Crippen LogP contribution >= 0.6 is 0 Å². The lowest BCUT2D eigenvalue weighted by molar-refractivity contribution is 0.0742. The zero-order chi connectivity index (χ0) is 13.8. The van der Waals surface area contributed by atoms with E-state index in [0.29, 0.717) is 12.5 Å². The van der Waals surface area contributed by atoms with Crippen LogP contribution < -0.4 is 0 Å². The Hall–Kier alpha value is -1.42. The van der Waals surface area contributed by atoms with E-state index in [9.17, 15) is 9.18 Å². The fourth-order valence-electron chi connectivity index (χ4n) is 2.56. The van der Waals surface area contributed by atoms with Gasteiger partial charge in [-0.25, -0.2) is 4.39 Å². The molecule has 0 atom stereocenters. The molecule has 0 aliphatic carbocycles. The summed E-state index contributed by atoms with van der Waals surface area (Å²) in [6, 6.07) is 6.17. The van der Waals surface area contributed by atoms with Crippen LogP contribution in [0.2, 0.25) is 0 Å². The number of halogens is 1. The lowest BCUT2D eigenvalue weighted by Gasteiger charge is -2.31. The maximum Gasteiger partial charge on any atom is 0.256 e. The number of piperidine rings is 1. The van der Waals surface area contributed by atoms with E-state index in [2.05, 4.69) is 11.9 Å². The standard InChI is InChI=1S/C15H21FN2O/c1-17-9-7-12(8-10-17)11-18(2)15(19)13-5-3-4-6-14(13)16/h3-6,12H,7-11H2,1-2H3. The predicted molar refractivity (Wildman–Crippen MR) is 73.6 cm³/mol. The Morgan fingerprint density at radius 1 is 1.37 bits per heavy atom. The molecular weight excluding hydrogens is 243 g/mol. The summed E-state index contributed by atoms with van der Waals surface area (Å²) in [5.41, 5.74) is 0.165. The molecule has 0 spiro atoms. The third-order valence-corrected chi connectivity index (χ3v) is 3.82. The van der Waals surface area contributed by atoms with E-state index in [1.807, 2.05) is 0 Å². The molecule has 0 bridgehead atoms. The molecule has 19 heavy (non-hydrogen) atoms. The van der Waals surface area contributed by atoms with E-state index in [-0.39, 0.29) is 11.5 Å². The third-order valence-electron chi connectivity index (χ3n) is 3.82. The highest BCUT2D eigenvalue weighted by Crippen LogP contribution is 2.18. The molecule has 1 aromatic carbocycles. The third kappa shape index (κ3) is 3.53. The largest absolute Gasteiger partial charge is 0.341 e. The summed E-state index contributed by atoms with van der Waals surface area (Å²) in [6.45, 7) is 2.86. The van der Waals surface area contributed by atoms with Crippen molar-refractivity contribution in [1.82, 2.24) is 9.80 Å². The number of nitrogens with zero attached hydrogens (tertiary/aromatic N) is 2. The lowest BCUT2D eigenvalue weighted by Crippen LogP contribution is -2.38. The van der Waals surface area contributed by atoms with Gasteiger partial charge in [0.1, 0.15) is 5.82 Å². The minimum Gasteiger partial charge on any atom is -0.341 e. The first kappa shape index (κ1) is 14.0. The molecule has 0 saturated carbocycles. The highest BCUT2D eigenvalue weighted by Gasteiger charge is 2.22. The summed E-state index contributed by atoms with van der Waals surface area (Å²) in [5, 5.41) is 0. The summed E-state index contributed by atoms with van der Waals surface area (Å²) in [5.74, 6) is -0.142. The molecule has 104 valence electrons. The number of carbonyl (C=O) groups excluding carboxylic acids is 1.